The Hall–Kier alpha value is -2.41. The molecule has 7 nitrogen and oxygen atoms in total. The molecule has 0 aliphatic carbocycles. The van der Waals surface area contributed by atoms with Crippen molar-refractivity contribution in [3.8, 4) is 0 Å². The zero-order valence-electron chi connectivity index (χ0n) is 17.2. The summed E-state index contributed by atoms with van der Waals surface area (Å²) in [6.07, 6.45) is 1.12. The number of nitrogens with zero attached hydrogens (tertiary/aromatic N) is 2. The van der Waals surface area contributed by atoms with Crippen LogP contribution in [0, 0.1) is 11.8 Å². The second-order valence-electron chi connectivity index (χ2n) is 7.79. The summed E-state index contributed by atoms with van der Waals surface area (Å²) < 4.78 is 5.35. The minimum absolute atomic E-state index is 0.226. The van der Waals surface area contributed by atoms with Crippen LogP contribution in [-0.4, -0.2) is 56.0 Å². The van der Waals surface area contributed by atoms with Gasteiger partial charge in [-0.05, 0) is 31.0 Å². The second-order valence-corrected chi connectivity index (χ2v) is 7.79. The number of benzene rings is 1. The number of likely N-dealkylation sites (tertiary alicyclic amines) is 1. The molecule has 0 spiro atoms. The van der Waals surface area contributed by atoms with Gasteiger partial charge in [-0.1, -0.05) is 25.5 Å². The first-order chi connectivity index (χ1) is 13.3. The molecule has 0 radical (unpaired) electrons. The summed E-state index contributed by atoms with van der Waals surface area (Å²) in [5, 5.41) is 3.38. The van der Waals surface area contributed by atoms with Gasteiger partial charge in [0.15, 0.2) is 0 Å². The van der Waals surface area contributed by atoms with Crippen LogP contribution in [0.1, 0.15) is 38.3 Å². The lowest BCUT2D eigenvalue weighted by Gasteiger charge is -2.32. The lowest BCUT2D eigenvalue weighted by molar-refractivity contribution is -0.156. The highest BCUT2D eigenvalue weighted by Crippen LogP contribution is 2.50. The van der Waals surface area contributed by atoms with Gasteiger partial charge in [0.1, 0.15) is 5.54 Å². The fourth-order valence-electron chi connectivity index (χ4n) is 4.59. The van der Waals surface area contributed by atoms with Gasteiger partial charge in [0.05, 0.1) is 18.4 Å². The molecule has 0 saturated carbocycles. The van der Waals surface area contributed by atoms with Gasteiger partial charge in [0, 0.05) is 32.9 Å². The SMILES string of the molecule is CCCC1(C(=O)OCC)NC(c2ccc(N(C)C)cc2)C2C(=O)N(C)C(=O)C21. The lowest BCUT2D eigenvalue weighted by Crippen LogP contribution is -2.56. The number of fused-ring (bicyclic) bond motifs is 1. The number of ether oxygens (including phenoxy) is 1. The van der Waals surface area contributed by atoms with Crippen LogP contribution in [-0.2, 0) is 19.1 Å². The number of hydrogen-bond acceptors (Lipinski definition) is 6. The van der Waals surface area contributed by atoms with Crippen molar-refractivity contribution in [1.82, 2.24) is 10.2 Å². The average molecular weight is 387 g/mol. The van der Waals surface area contributed by atoms with E-state index >= 15 is 0 Å². The third-order valence-electron chi connectivity index (χ3n) is 5.93. The van der Waals surface area contributed by atoms with Gasteiger partial charge in [0.25, 0.3) is 0 Å². The third-order valence-corrected chi connectivity index (χ3v) is 5.93. The molecule has 4 atom stereocenters. The smallest absolute Gasteiger partial charge is 0.327 e. The Morgan fingerprint density at radius 1 is 1.18 bits per heavy atom. The lowest BCUT2D eigenvalue weighted by atomic mass is 9.77. The van der Waals surface area contributed by atoms with Crippen molar-refractivity contribution in [2.24, 2.45) is 11.8 Å². The van der Waals surface area contributed by atoms with Crippen LogP contribution in [0.5, 0.6) is 0 Å². The molecule has 3 rings (SSSR count). The number of nitrogens with one attached hydrogen (secondary N) is 1. The molecule has 1 N–H and O–H groups in total. The van der Waals surface area contributed by atoms with E-state index in [2.05, 4.69) is 5.32 Å². The number of anilines is 1. The Labute approximate surface area is 166 Å². The van der Waals surface area contributed by atoms with Crippen LogP contribution >= 0.6 is 0 Å². The summed E-state index contributed by atoms with van der Waals surface area (Å²) in [6, 6.07) is 7.43. The number of imide groups is 1. The molecule has 2 aliphatic heterocycles. The summed E-state index contributed by atoms with van der Waals surface area (Å²) >= 11 is 0. The average Bonchev–Trinajstić information content (AvgIpc) is 3.13. The topological polar surface area (TPSA) is 79.0 Å². The second kappa shape index (κ2) is 7.54. The Morgan fingerprint density at radius 2 is 1.82 bits per heavy atom. The minimum atomic E-state index is -1.18. The van der Waals surface area contributed by atoms with Gasteiger partial charge in [-0.3, -0.25) is 24.6 Å². The van der Waals surface area contributed by atoms with Crippen molar-refractivity contribution in [1.29, 1.82) is 0 Å². The molecule has 1 aromatic rings. The maximum atomic E-state index is 13.0. The first kappa shape index (κ1) is 20.3. The van der Waals surface area contributed by atoms with E-state index in [0.29, 0.717) is 12.8 Å². The Kier molecular flexibility index (Phi) is 5.48. The summed E-state index contributed by atoms with van der Waals surface area (Å²) in [5.74, 6) is -2.36. The van der Waals surface area contributed by atoms with Crippen LogP contribution in [0.3, 0.4) is 0 Å². The number of hydrogen-bond donors (Lipinski definition) is 1. The molecule has 2 aliphatic rings. The standard InChI is InChI=1S/C21H29N3O4/c1-6-12-21(20(27)28-7-2)16-15(18(25)24(5)19(16)26)17(22-21)13-8-10-14(11-9-13)23(3)4/h8-11,15-17,22H,6-7,12H2,1-5H3. The highest BCUT2D eigenvalue weighted by molar-refractivity contribution is 6.09. The molecule has 7 heteroatoms. The number of rotatable bonds is 6. The molecule has 1 aromatic carbocycles. The summed E-state index contributed by atoms with van der Waals surface area (Å²) in [6.45, 7) is 3.93. The number of amides is 2. The van der Waals surface area contributed by atoms with E-state index < -0.39 is 29.4 Å². The predicted octanol–water partition coefficient (Wildman–Crippen LogP) is 1.73. The van der Waals surface area contributed by atoms with E-state index in [0.717, 1.165) is 11.3 Å². The van der Waals surface area contributed by atoms with Gasteiger partial charge in [-0.25, -0.2) is 0 Å². The number of esters is 1. The van der Waals surface area contributed by atoms with E-state index in [4.69, 9.17) is 4.74 Å². The minimum Gasteiger partial charge on any atom is -0.465 e. The van der Waals surface area contributed by atoms with Crippen LogP contribution in [0.2, 0.25) is 0 Å². The largest absolute Gasteiger partial charge is 0.465 e. The summed E-state index contributed by atoms with van der Waals surface area (Å²) in [5.41, 5.74) is 0.742. The Bertz CT molecular complexity index is 776. The van der Waals surface area contributed by atoms with E-state index in [9.17, 15) is 14.4 Å². The number of carbonyl (C=O) groups is 3. The Balaban J connectivity index is 2.08. The van der Waals surface area contributed by atoms with Crippen molar-refractivity contribution >= 4 is 23.5 Å². The predicted molar refractivity (Wildman–Crippen MR) is 106 cm³/mol. The molecular weight excluding hydrogens is 358 g/mol. The molecule has 152 valence electrons. The molecule has 0 aromatic heterocycles. The normalized spacial score (nSPS) is 29.2. The van der Waals surface area contributed by atoms with Gasteiger partial charge in [-0.2, -0.15) is 0 Å². The van der Waals surface area contributed by atoms with Crippen LogP contribution < -0.4 is 10.2 Å². The van der Waals surface area contributed by atoms with E-state index in [-0.39, 0.29) is 18.4 Å². The van der Waals surface area contributed by atoms with Crippen LogP contribution in [0.25, 0.3) is 0 Å². The molecular formula is C21H29N3O4. The van der Waals surface area contributed by atoms with Crippen LogP contribution in [0.15, 0.2) is 24.3 Å². The zero-order chi connectivity index (χ0) is 20.6. The molecule has 4 unspecified atom stereocenters. The summed E-state index contributed by atoms with van der Waals surface area (Å²) in [7, 11) is 5.41. The molecule has 2 saturated heterocycles. The van der Waals surface area contributed by atoms with Crippen LogP contribution in [0.4, 0.5) is 5.69 Å². The van der Waals surface area contributed by atoms with Gasteiger partial charge in [0.2, 0.25) is 11.8 Å². The third kappa shape index (κ3) is 2.98. The van der Waals surface area contributed by atoms with Crippen molar-refractivity contribution in [3.63, 3.8) is 0 Å². The molecule has 2 amide bonds. The summed E-state index contributed by atoms with van der Waals surface area (Å²) in [4.78, 5) is 42.1. The van der Waals surface area contributed by atoms with Gasteiger partial charge in [-0.15, -0.1) is 0 Å². The van der Waals surface area contributed by atoms with Crippen molar-refractivity contribution in [2.45, 2.75) is 38.3 Å². The maximum Gasteiger partial charge on any atom is 0.327 e. The maximum absolute atomic E-state index is 13.0. The molecule has 2 heterocycles. The van der Waals surface area contributed by atoms with E-state index in [1.807, 2.05) is 50.2 Å². The van der Waals surface area contributed by atoms with Gasteiger partial charge < -0.3 is 9.64 Å². The highest BCUT2D eigenvalue weighted by atomic mass is 16.5. The van der Waals surface area contributed by atoms with Gasteiger partial charge >= 0.3 is 5.97 Å². The number of carbonyl (C=O) groups excluding carboxylic acids is 3. The van der Waals surface area contributed by atoms with Crippen molar-refractivity contribution in [3.05, 3.63) is 29.8 Å². The fraction of sp³-hybridized carbons (Fsp3) is 0.571. The first-order valence-corrected chi connectivity index (χ1v) is 9.82. The fourth-order valence-corrected chi connectivity index (χ4v) is 4.59. The molecule has 2 fully saturated rings. The zero-order valence-corrected chi connectivity index (χ0v) is 17.2. The Morgan fingerprint density at radius 3 is 2.36 bits per heavy atom. The quantitative estimate of drug-likeness (QED) is 0.592. The molecule has 28 heavy (non-hydrogen) atoms. The highest BCUT2D eigenvalue weighted by Gasteiger charge is 2.67. The first-order valence-electron chi connectivity index (χ1n) is 9.82. The van der Waals surface area contributed by atoms with Crippen molar-refractivity contribution < 1.29 is 19.1 Å². The monoisotopic (exact) mass is 387 g/mol. The van der Waals surface area contributed by atoms with Crippen molar-refractivity contribution in [2.75, 3.05) is 32.6 Å². The van der Waals surface area contributed by atoms with E-state index in [1.165, 1.54) is 11.9 Å². The van der Waals surface area contributed by atoms with E-state index in [1.54, 1.807) is 6.92 Å². The molecule has 0 bridgehead atoms.